The Morgan fingerprint density at radius 2 is 2.43 bits per heavy atom. The molecule has 1 aromatic rings. The van der Waals surface area contributed by atoms with Gasteiger partial charge in [-0.05, 0) is 24.7 Å². The Kier molecular flexibility index (Phi) is 1.38. The van der Waals surface area contributed by atoms with Crippen molar-refractivity contribution >= 4 is 0 Å². The second-order valence-corrected chi connectivity index (χ2v) is 4.54. The van der Waals surface area contributed by atoms with Gasteiger partial charge in [-0.3, -0.25) is 4.68 Å². The molecule has 0 unspecified atom stereocenters. The summed E-state index contributed by atoms with van der Waals surface area (Å²) in [5.74, 6) is -2.88. The van der Waals surface area contributed by atoms with Crippen molar-refractivity contribution in [3.8, 4) is 28.7 Å². The van der Waals surface area contributed by atoms with Crippen molar-refractivity contribution in [2.75, 3.05) is 0 Å². The molecular formula is C17H18N6. The molecule has 1 fully saturated rings. The van der Waals surface area contributed by atoms with E-state index in [4.69, 9.17) is 19.2 Å². The molecule has 1 saturated carbocycles. The first-order valence-corrected chi connectivity index (χ1v) is 6.50. The van der Waals surface area contributed by atoms with E-state index in [2.05, 4.69) is 20.1 Å². The summed E-state index contributed by atoms with van der Waals surface area (Å²) in [5, 5.41) is 13.4. The zero-order chi connectivity index (χ0) is 28.1. The Balaban J connectivity index is 2.00. The number of nitrogens with one attached hydrogen (secondary N) is 1. The lowest BCUT2D eigenvalue weighted by Crippen LogP contribution is -2.17. The van der Waals surface area contributed by atoms with Gasteiger partial charge in [0.2, 0.25) is 0 Å². The van der Waals surface area contributed by atoms with Crippen molar-refractivity contribution in [2.24, 2.45) is 5.92 Å². The SMILES string of the molecule is [2H]c1nc2nc([2H])c([2H])c-2c(-c2cnn([C@]([2H])(C3C([2H])([2H])C([2H])([2H])C([2H])([2H])C3([2H])[2H])C([2H])([2H])C#N)c2)[nH]1. The average Bonchev–Trinajstić information content (AvgIpc) is 3.39. The van der Waals surface area contributed by atoms with Crippen LogP contribution in [0.1, 0.15) is 57.1 Å². The highest BCUT2D eigenvalue weighted by Gasteiger charge is 2.27. The monoisotopic (exact) mass is 320 g/mol. The van der Waals surface area contributed by atoms with Gasteiger partial charge in [0.05, 0.1) is 40.8 Å². The van der Waals surface area contributed by atoms with Crippen LogP contribution in [0.5, 0.6) is 0 Å². The maximum Gasteiger partial charge on any atom is 0.162 e. The number of nitrogens with zero attached hydrogens (tertiary/aromatic N) is 5. The van der Waals surface area contributed by atoms with E-state index in [1.165, 1.54) is 6.07 Å². The van der Waals surface area contributed by atoms with Gasteiger partial charge in [0.15, 0.2) is 5.82 Å². The van der Waals surface area contributed by atoms with Crippen LogP contribution in [-0.2, 0) is 0 Å². The third kappa shape index (κ3) is 2.48. The van der Waals surface area contributed by atoms with Crippen molar-refractivity contribution < 1.29 is 19.2 Å². The molecule has 116 valence electrons. The van der Waals surface area contributed by atoms with Crippen LogP contribution in [0.25, 0.3) is 22.6 Å². The largest absolute Gasteiger partial charge is 0.345 e. The van der Waals surface area contributed by atoms with Crippen LogP contribution >= 0.6 is 0 Å². The van der Waals surface area contributed by atoms with Crippen LogP contribution in [0.15, 0.2) is 30.9 Å². The van der Waals surface area contributed by atoms with Gasteiger partial charge in [0.1, 0.15) is 1.37 Å². The van der Waals surface area contributed by atoms with Gasteiger partial charge in [-0.15, -0.1) is 0 Å². The molecule has 6 nitrogen and oxygen atoms in total. The fraction of sp³-hybridized carbons (Fsp3) is 0.412. The first-order valence-electron chi connectivity index (χ1n) is 13.5. The zero-order valence-electron chi connectivity index (χ0n) is 25.5. The molecule has 1 N–H and O–H groups in total. The van der Waals surface area contributed by atoms with Crippen LogP contribution in [0.4, 0.5) is 0 Å². The smallest absolute Gasteiger partial charge is 0.162 e. The Bertz CT molecular complexity index is 1380. The van der Waals surface area contributed by atoms with Crippen LogP contribution in [-0.4, -0.2) is 24.7 Å². The second kappa shape index (κ2) is 5.84. The first kappa shape index (κ1) is 5.45. The number of rotatable bonds is 4. The van der Waals surface area contributed by atoms with E-state index in [0.717, 1.165) is 12.4 Å². The van der Waals surface area contributed by atoms with Crippen molar-refractivity contribution in [2.45, 2.75) is 37.9 Å². The summed E-state index contributed by atoms with van der Waals surface area (Å²) in [4.78, 5) is 10.1. The third-order valence-electron chi connectivity index (χ3n) is 3.23. The quantitative estimate of drug-likeness (QED) is 0.798. The van der Waals surface area contributed by atoms with Gasteiger partial charge in [-0.25, -0.2) is 9.97 Å². The highest BCUT2D eigenvalue weighted by Crippen LogP contribution is 2.37. The van der Waals surface area contributed by atoms with Gasteiger partial charge >= 0.3 is 0 Å². The molecule has 23 heavy (non-hydrogen) atoms. The summed E-state index contributed by atoms with van der Waals surface area (Å²) in [5.41, 5.74) is -0.142. The lowest BCUT2D eigenvalue weighted by atomic mass is 9.96. The Morgan fingerprint density at radius 3 is 3.26 bits per heavy atom. The van der Waals surface area contributed by atoms with Crippen LogP contribution in [0.3, 0.4) is 0 Å². The van der Waals surface area contributed by atoms with Crippen LogP contribution in [0.2, 0.25) is 0 Å². The minimum Gasteiger partial charge on any atom is -0.345 e. The molecule has 0 aromatic carbocycles. The van der Waals surface area contributed by atoms with Gasteiger partial charge < -0.3 is 4.98 Å². The maximum absolute atomic E-state index is 9.58. The van der Waals surface area contributed by atoms with Gasteiger partial charge in [-0.2, -0.15) is 10.4 Å². The average molecular weight is 320 g/mol. The van der Waals surface area contributed by atoms with E-state index in [1.807, 2.05) is 0 Å². The molecule has 1 aromatic heterocycles. The summed E-state index contributed by atoms with van der Waals surface area (Å²) >= 11 is 0. The van der Waals surface area contributed by atoms with E-state index < -0.39 is 56.3 Å². The molecule has 6 heteroatoms. The molecule has 0 saturated heterocycles. The Hall–Kier alpha value is -2.68. The summed E-state index contributed by atoms with van der Waals surface area (Å²) in [6, 6.07) is -2.56. The molecule has 3 heterocycles. The second-order valence-electron chi connectivity index (χ2n) is 4.54. The lowest BCUT2D eigenvalue weighted by Gasteiger charge is -2.21. The number of aromatic amines is 1. The van der Waals surface area contributed by atoms with Gasteiger partial charge in [0, 0.05) is 37.2 Å². The Morgan fingerprint density at radius 1 is 1.57 bits per heavy atom. The topological polar surface area (TPSA) is 83.2 Å². The fourth-order valence-electron chi connectivity index (χ4n) is 2.21. The van der Waals surface area contributed by atoms with E-state index in [1.54, 1.807) is 0 Å². The summed E-state index contributed by atoms with van der Waals surface area (Å²) in [6.45, 7) is 0. The van der Waals surface area contributed by atoms with Crippen molar-refractivity contribution in [1.82, 2.24) is 24.7 Å². The highest BCUT2D eigenvalue weighted by molar-refractivity contribution is 5.77. The van der Waals surface area contributed by atoms with Gasteiger partial charge in [0.25, 0.3) is 0 Å². The standard InChI is InChI=1S/C17H18N6/c18-7-5-15(12-3-1-2-4-12)23-10-13(9-22-23)16-14-6-8-19-17(14)21-11-20-16/h6,8-12,15H,1-5H2,(H,19,20,21)/t15-/m0/s1/i1D2,2D2,3D2,4D2,5D2,6D,8D,11D,15D. The molecule has 0 amide bonds. The molecule has 4 rings (SSSR count). The minimum absolute atomic E-state index is 0.0291. The number of fused-ring (bicyclic) bond motifs is 1. The summed E-state index contributed by atoms with van der Waals surface area (Å²) in [6.07, 6.45) is -16.5. The lowest BCUT2D eigenvalue weighted by molar-refractivity contribution is 0.315. The summed E-state index contributed by atoms with van der Waals surface area (Å²) < 4.78 is 115. The predicted octanol–water partition coefficient (Wildman–Crippen LogP) is 3.42. The predicted molar refractivity (Wildman–Crippen MR) is 85.5 cm³/mol. The van der Waals surface area contributed by atoms with Crippen LogP contribution in [0, 0.1) is 17.2 Å². The molecule has 1 atom stereocenters. The Labute approximate surface area is 154 Å². The highest BCUT2D eigenvalue weighted by atomic mass is 15.3. The number of H-pyrrole nitrogens is 1. The number of hydrogen-bond acceptors (Lipinski definition) is 4. The number of aromatic nitrogens is 5. The zero-order valence-corrected chi connectivity index (χ0v) is 11.5. The van der Waals surface area contributed by atoms with Crippen LogP contribution < -0.4 is 0 Å². The van der Waals surface area contributed by atoms with E-state index in [9.17, 15) is 5.26 Å². The van der Waals surface area contributed by atoms with E-state index in [-0.39, 0.29) is 28.7 Å². The number of hydrogen-bond donors (Lipinski definition) is 1. The maximum atomic E-state index is 9.58. The molecule has 0 spiro atoms. The molecule has 3 aliphatic rings. The normalized spacial score (nSPS) is 36.3. The molecular weight excluding hydrogens is 288 g/mol. The first-order chi connectivity index (χ1) is 16.7. The van der Waals surface area contributed by atoms with Crippen molar-refractivity contribution in [1.29, 1.82) is 5.26 Å². The third-order valence-corrected chi connectivity index (χ3v) is 3.23. The van der Waals surface area contributed by atoms with Crippen molar-refractivity contribution in [3.05, 3.63) is 30.9 Å². The van der Waals surface area contributed by atoms with E-state index in [0.29, 0.717) is 4.68 Å². The fourth-order valence-corrected chi connectivity index (χ4v) is 2.21. The molecule has 0 radical (unpaired) electrons. The van der Waals surface area contributed by atoms with E-state index >= 15 is 0 Å². The molecule has 0 bridgehead atoms. The van der Waals surface area contributed by atoms with Crippen molar-refractivity contribution in [3.63, 3.8) is 0 Å². The number of nitriles is 1. The van der Waals surface area contributed by atoms with Gasteiger partial charge in [-0.1, -0.05) is 12.7 Å². The molecule has 2 aliphatic heterocycles. The summed E-state index contributed by atoms with van der Waals surface area (Å²) in [7, 11) is 0. The minimum atomic E-state index is -3.54. The molecule has 1 aliphatic carbocycles.